The van der Waals surface area contributed by atoms with Crippen molar-refractivity contribution in [1.29, 1.82) is 0 Å². The van der Waals surface area contributed by atoms with Crippen LogP contribution in [0.5, 0.6) is 11.5 Å². The van der Waals surface area contributed by atoms with Crippen LogP contribution in [0.2, 0.25) is 0 Å². The number of hydrogen-bond acceptors (Lipinski definition) is 6. The van der Waals surface area contributed by atoms with Crippen molar-refractivity contribution in [3.8, 4) is 11.5 Å². The molecule has 0 radical (unpaired) electrons. The molecule has 1 aliphatic heterocycles. The number of anilines is 3. The minimum absolute atomic E-state index is 0.114. The Hall–Kier alpha value is -3.37. The van der Waals surface area contributed by atoms with Crippen LogP contribution in [0.25, 0.3) is 0 Å². The Bertz CT molecular complexity index is 1140. The topological polar surface area (TPSA) is 102 Å². The number of benzene rings is 2. The zero-order valence-electron chi connectivity index (χ0n) is 15.0. The molecule has 3 N–H and O–H groups in total. The van der Waals surface area contributed by atoms with Crippen molar-refractivity contribution in [2.24, 2.45) is 0 Å². The number of fused-ring (bicyclic) bond motifs is 1. The molecule has 0 fully saturated rings. The van der Waals surface area contributed by atoms with E-state index in [0.717, 1.165) is 5.69 Å². The third kappa shape index (κ3) is 4.55. The molecule has 148 valence electrons. The Balaban J connectivity index is 1.39. The molecule has 1 aliphatic rings. The van der Waals surface area contributed by atoms with E-state index >= 15 is 0 Å². The predicted molar refractivity (Wildman–Crippen MR) is 114 cm³/mol. The standard InChI is InChI=1S/C19H16N4O4S2/c24-29(25,23-18-3-1-2-10-20-18)15-7-4-13(5-8-15)21-19(28)22-14-6-9-16-17(11-14)27-12-26-16/h1-11H,12H2,(H,20,23)(H2,21,22,28). The molecule has 0 atom stereocenters. The number of rotatable bonds is 5. The van der Waals surface area contributed by atoms with E-state index in [-0.39, 0.29) is 17.5 Å². The molecule has 0 saturated carbocycles. The van der Waals surface area contributed by atoms with Gasteiger partial charge in [-0.05, 0) is 60.7 Å². The van der Waals surface area contributed by atoms with Crippen LogP contribution in [-0.2, 0) is 10.0 Å². The molecule has 0 unspecified atom stereocenters. The summed E-state index contributed by atoms with van der Waals surface area (Å²) in [6.45, 7) is 0.200. The van der Waals surface area contributed by atoms with Crippen LogP contribution in [0.1, 0.15) is 0 Å². The van der Waals surface area contributed by atoms with Crippen LogP contribution in [0.4, 0.5) is 17.2 Å². The van der Waals surface area contributed by atoms with Crippen molar-refractivity contribution in [3.05, 3.63) is 66.9 Å². The van der Waals surface area contributed by atoms with Crippen molar-refractivity contribution >= 4 is 44.5 Å². The van der Waals surface area contributed by atoms with E-state index in [9.17, 15) is 8.42 Å². The summed E-state index contributed by atoms with van der Waals surface area (Å²) < 4.78 is 37.9. The van der Waals surface area contributed by atoms with Gasteiger partial charge >= 0.3 is 0 Å². The Labute approximate surface area is 172 Å². The van der Waals surface area contributed by atoms with Crippen molar-refractivity contribution in [1.82, 2.24) is 4.98 Å². The molecule has 1 aromatic heterocycles. The lowest BCUT2D eigenvalue weighted by Crippen LogP contribution is -2.19. The molecule has 0 saturated heterocycles. The van der Waals surface area contributed by atoms with Crippen molar-refractivity contribution in [2.75, 3.05) is 22.1 Å². The molecular weight excluding hydrogens is 412 g/mol. The van der Waals surface area contributed by atoms with Crippen LogP contribution in [0.3, 0.4) is 0 Å². The fourth-order valence-electron chi connectivity index (χ4n) is 2.60. The highest BCUT2D eigenvalue weighted by Gasteiger charge is 2.15. The van der Waals surface area contributed by atoms with E-state index in [1.807, 2.05) is 6.07 Å². The second-order valence-corrected chi connectivity index (χ2v) is 8.08. The first-order valence-corrected chi connectivity index (χ1v) is 10.4. The van der Waals surface area contributed by atoms with Gasteiger partial charge in [0.05, 0.1) is 4.90 Å². The summed E-state index contributed by atoms with van der Waals surface area (Å²) in [5, 5.41) is 6.40. The summed E-state index contributed by atoms with van der Waals surface area (Å²) in [4.78, 5) is 4.08. The van der Waals surface area contributed by atoms with Gasteiger partial charge in [-0.2, -0.15) is 0 Å². The molecule has 3 aromatic rings. The van der Waals surface area contributed by atoms with Crippen molar-refractivity contribution < 1.29 is 17.9 Å². The molecule has 2 heterocycles. The number of nitrogens with one attached hydrogen (secondary N) is 3. The van der Waals surface area contributed by atoms with Gasteiger partial charge in [0.15, 0.2) is 16.6 Å². The Morgan fingerprint density at radius 1 is 0.931 bits per heavy atom. The lowest BCUT2D eigenvalue weighted by atomic mass is 10.3. The molecule has 0 amide bonds. The van der Waals surface area contributed by atoms with E-state index in [1.165, 1.54) is 18.3 Å². The number of pyridine rings is 1. The molecule has 0 bridgehead atoms. The molecule has 29 heavy (non-hydrogen) atoms. The fraction of sp³-hybridized carbons (Fsp3) is 0.0526. The average Bonchev–Trinajstić information content (AvgIpc) is 3.16. The van der Waals surface area contributed by atoms with Gasteiger partial charge in [0.25, 0.3) is 10.0 Å². The number of sulfonamides is 1. The monoisotopic (exact) mass is 428 g/mol. The fourth-order valence-corrected chi connectivity index (χ4v) is 3.85. The largest absolute Gasteiger partial charge is 0.454 e. The van der Waals surface area contributed by atoms with Crippen LogP contribution in [-0.4, -0.2) is 25.3 Å². The van der Waals surface area contributed by atoms with Gasteiger partial charge in [-0.15, -0.1) is 0 Å². The van der Waals surface area contributed by atoms with E-state index < -0.39 is 10.0 Å². The van der Waals surface area contributed by atoms with E-state index in [1.54, 1.807) is 42.5 Å². The third-order valence-electron chi connectivity index (χ3n) is 3.96. The third-order valence-corrected chi connectivity index (χ3v) is 5.53. The lowest BCUT2D eigenvalue weighted by Gasteiger charge is -2.12. The van der Waals surface area contributed by atoms with Gasteiger partial charge in [-0.3, -0.25) is 4.72 Å². The number of ether oxygens (including phenoxy) is 2. The van der Waals surface area contributed by atoms with Gasteiger partial charge in [-0.1, -0.05) is 6.07 Å². The quantitative estimate of drug-likeness (QED) is 0.532. The van der Waals surface area contributed by atoms with Crippen LogP contribution >= 0.6 is 12.2 Å². The number of aromatic nitrogens is 1. The minimum atomic E-state index is -3.73. The highest BCUT2D eigenvalue weighted by Crippen LogP contribution is 2.34. The number of thiocarbonyl (C=S) groups is 1. The molecule has 0 spiro atoms. The summed E-state index contributed by atoms with van der Waals surface area (Å²) in [6.07, 6.45) is 1.51. The van der Waals surface area contributed by atoms with E-state index in [0.29, 0.717) is 22.3 Å². The van der Waals surface area contributed by atoms with Crippen LogP contribution < -0.4 is 24.8 Å². The number of nitrogens with zero attached hydrogens (tertiary/aromatic N) is 1. The minimum Gasteiger partial charge on any atom is -0.454 e. The molecule has 2 aromatic carbocycles. The maximum Gasteiger partial charge on any atom is 0.263 e. The first-order chi connectivity index (χ1) is 14.0. The van der Waals surface area contributed by atoms with E-state index in [4.69, 9.17) is 21.7 Å². The molecular formula is C19H16N4O4S2. The molecule has 4 rings (SSSR count). The average molecular weight is 428 g/mol. The van der Waals surface area contributed by atoms with Crippen molar-refractivity contribution in [2.45, 2.75) is 4.90 Å². The van der Waals surface area contributed by atoms with Gasteiger partial charge in [0, 0.05) is 23.6 Å². The second-order valence-electron chi connectivity index (χ2n) is 5.99. The maximum absolute atomic E-state index is 12.4. The van der Waals surface area contributed by atoms with Crippen molar-refractivity contribution in [3.63, 3.8) is 0 Å². The Morgan fingerprint density at radius 2 is 1.66 bits per heavy atom. The smallest absolute Gasteiger partial charge is 0.263 e. The molecule has 10 heteroatoms. The van der Waals surface area contributed by atoms with Crippen LogP contribution in [0.15, 0.2) is 71.8 Å². The second kappa shape index (κ2) is 7.94. The summed E-state index contributed by atoms with van der Waals surface area (Å²) >= 11 is 5.31. The van der Waals surface area contributed by atoms with Gasteiger partial charge < -0.3 is 20.1 Å². The normalized spacial score (nSPS) is 12.3. The predicted octanol–water partition coefficient (Wildman–Crippen LogP) is 3.42. The van der Waals surface area contributed by atoms with E-state index in [2.05, 4.69) is 20.3 Å². The SMILES string of the molecule is O=S(=O)(Nc1ccccn1)c1ccc(NC(=S)Nc2ccc3c(c2)OCO3)cc1. The van der Waals surface area contributed by atoms with Gasteiger partial charge in [0.2, 0.25) is 6.79 Å². The zero-order valence-corrected chi connectivity index (χ0v) is 16.6. The number of hydrogen-bond donors (Lipinski definition) is 3. The maximum atomic E-state index is 12.4. The van der Waals surface area contributed by atoms with Gasteiger partial charge in [-0.25, -0.2) is 13.4 Å². The highest BCUT2D eigenvalue weighted by atomic mass is 32.2. The Kier molecular flexibility index (Phi) is 5.19. The summed E-state index contributed by atoms with van der Waals surface area (Å²) in [6, 6.07) is 16.6. The first kappa shape index (κ1) is 19.0. The highest BCUT2D eigenvalue weighted by molar-refractivity contribution is 7.92. The summed E-state index contributed by atoms with van der Waals surface area (Å²) in [5.41, 5.74) is 1.38. The molecule has 0 aliphatic carbocycles. The zero-order chi connectivity index (χ0) is 20.3. The Morgan fingerprint density at radius 3 is 2.41 bits per heavy atom. The lowest BCUT2D eigenvalue weighted by molar-refractivity contribution is 0.174. The van der Waals surface area contributed by atoms with Crippen LogP contribution in [0, 0.1) is 0 Å². The van der Waals surface area contributed by atoms with Gasteiger partial charge in [0.1, 0.15) is 5.82 Å². The summed E-state index contributed by atoms with van der Waals surface area (Å²) in [7, 11) is -3.73. The molecule has 8 nitrogen and oxygen atoms in total. The summed E-state index contributed by atoms with van der Waals surface area (Å²) in [5.74, 6) is 1.59. The first-order valence-electron chi connectivity index (χ1n) is 8.51.